The van der Waals surface area contributed by atoms with Crippen LogP contribution >= 0.6 is 22.9 Å². The molecule has 1 saturated heterocycles. The predicted molar refractivity (Wildman–Crippen MR) is 135 cm³/mol. The van der Waals surface area contributed by atoms with Crippen molar-refractivity contribution in [3.05, 3.63) is 73.7 Å². The summed E-state index contributed by atoms with van der Waals surface area (Å²) in [5.74, 6) is 0.659. The summed E-state index contributed by atoms with van der Waals surface area (Å²) in [5.41, 5.74) is 1.35. The summed E-state index contributed by atoms with van der Waals surface area (Å²) >= 11 is 7.94. The Balaban J connectivity index is 1.50. The first-order valence-corrected chi connectivity index (χ1v) is 12.7. The number of nitrogens with zero attached hydrogens (tertiary/aromatic N) is 3. The molecule has 3 aromatic rings. The second-order valence-corrected chi connectivity index (χ2v) is 9.91. The summed E-state index contributed by atoms with van der Waals surface area (Å²) in [4.78, 5) is 28.9. The van der Waals surface area contributed by atoms with Crippen molar-refractivity contribution in [1.29, 1.82) is 0 Å². The summed E-state index contributed by atoms with van der Waals surface area (Å²) in [5, 5.41) is 10.5. The molecule has 33 heavy (non-hydrogen) atoms. The van der Waals surface area contributed by atoms with E-state index in [0.29, 0.717) is 23.1 Å². The number of amides is 1. The number of aromatic nitrogens is 2. The highest BCUT2D eigenvalue weighted by molar-refractivity contribution is 7.10. The molecule has 4 rings (SSSR count). The summed E-state index contributed by atoms with van der Waals surface area (Å²) in [6, 6.07) is 12.9. The third-order valence-electron chi connectivity index (χ3n) is 6.08. The number of rotatable bonds is 7. The number of piperidine rings is 1. The standard InChI is InChI=1S/C25H29ClN4O2S/c1-3-6-21(22-8-5-14-33-22)27-25(32)18-7-4-13-29(16-18)23-11-12-24(31)30(28-23)19-10-9-17(2)20(26)15-19/h5,8-12,14-15,18,21H,3-4,6-7,13,16H2,1-2H3,(H,27,32)/t18-,21+/m0/s1. The maximum absolute atomic E-state index is 13.1. The Bertz CT molecular complexity index is 1160. The van der Waals surface area contributed by atoms with Crippen molar-refractivity contribution in [3.8, 4) is 5.69 Å². The van der Waals surface area contributed by atoms with Crippen LogP contribution in [0.15, 0.2) is 52.6 Å². The number of carbonyl (C=O) groups is 1. The molecular formula is C25H29ClN4O2S. The molecule has 174 valence electrons. The zero-order valence-electron chi connectivity index (χ0n) is 19.0. The van der Waals surface area contributed by atoms with Gasteiger partial charge in [-0.2, -0.15) is 4.68 Å². The quantitative estimate of drug-likeness (QED) is 0.504. The van der Waals surface area contributed by atoms with Crippen LogP contribution in [-0.2, 0) is 4.79 Å². The van der Waals surface area contributed by atoms with Crippen LogP contribution in [0.4, 0.5) is 5.82 Å². The minimum absolute atomic E-state index is 0.0594. The number of benzene rings is 1. The monoisotopic (exact) mass is 484 g/mol. The fourth-order valence-corrected chi connectivity index (χ4v) is 5.21. The van der Waals surface area contributed by atoms with Gasteiger partial charge in [0.1, 0.15) is 5.82 Å². The van der Waals surface area contributed by atoms with Gasteiger partial charge in [-0.15, -0.1) is 16.4 Å². The van der Waals surface area contributed by atoms with Crippen LogP contribution in [0.5, 0.6) is 0 Å². The van der Waals surface area contributed by atoms with E-state index in [0.717, 1.165) is 37.8 Å². The molecule has 1 amide bonds. The van der Waals surface area contributed by atoms with Crippen molar-refractivity contribution in [2.24, 2.45) is 5.92 Å². The van der Waals surface area contributed by atoms with E-state index in [-0.39, 0.29) is 23.4 Å². The average molecular weight is 485 g/mol. The van der Waals surface area contributed by atoms with Crippen molar-refractivity contribution in [2.45, 2.75) is 45.6 Å². The molecule has 3 heterocycles. The van der Waals surface area contributed by atoms with E-state index in [1.807, 2.05) is 30.5 Å². The van der Waals surface area contributed by atoms with E-state index < -0.39 is 0 Å². The first-order valence-electron chi connectivity index (χ1n) is 11.4. The van der Waals surface area contributed by atoms with Gasteiger partial charge in [0.2, 0.25) is 5.91 Å². The number of hydrogen-bond acceptors (Lipinski definition) is 5. The SMILES string of the molecule is CCC[C@@H](NC(=O)[C@H]1CCCN(c2ccc(=O)n(-c3ccc(C)c(Cl)c3)n2)C1)c1cccs1. The van der Waals surface area contributed by atoms with Crippen LogP contribution in [0, 0.1) is 12.8 Å². The third kappa shape index (κ3) is 5.47. The summed E-state index contributed by atoms with van der Waals surface area (Å²) in [6.07, 6.45) is 3.67. The van der Waals surface area contributed by atoms with Crippen molar-refractivity contribution in [1.82, 2.24) is 15.1 Å². The first kappa shape index (κ1) is 23.5. The zero-order chi connectivity index (χ0) is 23.4. The Morgan fingerprint density at radius 3 is 2.88 bits per heavy atom. The Morgan fingerprint density at radius 1 is 1.30 bits per heavy atom. The number of halogens is 1. The summed E-state index contributed by atoms with van der Waals surface area (Å²) in [7, 11) is 0. The molecule has 8 heteroatoms. The molecule has 0 aliphatic carbocycles. The zero-order valence-corrected chi connectivity index (χ0v) is 20.5. The first-order chi connectivity index (χ1) is 16.0. The number of aryl methyl sites for hydroxylation is 1. The number of carbonyl (C=O) groups excluding carboxylic acids is 1. The van der Waals surface area contributed by atoms with Gasteiger partial charge in [-0.25, -0.2) is 0 Å². The highest BCUT2D eigenvalue weighted by Crippen LogP contribution is 2.26. The molecule has 0 saturated carbocycles. The predicted octanol–water partition coefficient (Wildman–Crippen LogP) is 5.13. The second-order valence-electron chi connectivity index (χ2n) is 8.53. The molecule has 1 N–H and O–H groups in total. The highest BCUT2D eigenvalue weighted by Gasteiger charge is 2.28. The highest BCUT2D eigenvalue weighted by atomic mass is 35.5. The normalized spacial score (nSPS) is 17.1. The van der Waals surface area contributed by atoms with Gasteiger partial charge >= 0.3 is 0 Å². The lowest BCUT2D eigenvalue weighted by Crippen LogP contribution is -2.44. The van der Waals surface area contributed by atoms with E-state index in [4.69, 9.17) is 11.6 Å². The molecule has 0 radical (unpaired) electrons. The number of nitrogens with one attached hydrogen (secondary N) is 1. The van der Waals surface area contributed by atoms with E-state index in [1.165, 1.54) is 15.6 Å². The van der Waals surface area contributed by atoms with Gasteiger partial charge in [-0.1, -0.05) is 37.1 Å². The smallest absolute Gasteiger partial charge is 0.271 e. The maximum Gasteiger partial charge on any atom is 0.271 e. The lowest BCUT2D eigenvalue weighted by molar-refractivity contribution is -0.126. The Morgan fingerprint density at radius 2 is 2.15 bits per heavy atom. The van der Waals surface area contributed by atoms with Gasteiger partial charge in [0.05, 0.1) is 17.6 Å². The molecule has 1 aliphatic rings. The Hall–Kier alpha value is -2.64. The van der Waals surface area contributed by atoms with Gasteiger partial charge in [-0.3, -0.25) is 9.59 Å². The van der Waals surface area contributed by atoms with E-state index in [9.17, 15) is 9.59 Å². The van der Waals surface area contributed by atoms with Crippen LogP contribution in [-0.4, -0.2) is 28.8 Å². The maximum atomic E-state index is 13.1. The van der Waals surface area contributed by atoms with Crippen LogP contribution in [0.2, 0.25) is 5.02 Å². The van der Waals surface area contributed by atoms with Gasteiger partial charge in [0.15, 0.2) is 0 Å². The van der Waals surface area contributed by atoms with E-state index >= 15 is 0 Å². The fourth-order valence-electron chi connectivity index (χ4n) is 4.22. The topological polar surface area (TPSA) is 67.2 Å². The lowest BCUT2D eigenvalue weighted by Gasteiger charge is -2.33. The van der Waals surface area contributed by atoms with Crippen molar-refractivity contribution in [3.63, 3.8) is 0 Å². The molecule has 0 spiro atoms. The van der Waals surface area contributed by atoms with Crippen LogP contribution < -0.4 is 15.8 Å². The van der Waals surface area contributed by atoms with Crippen molar-refractivity contribution in [2.75, 3.05) is 18.0 Å². The largest absolute Gasteiger partial charge is 0.354 e. The van der Waals surface area contributed by atoms with Gasteiger partial charge in [0, 0.05) is 29.1 Å². The number of thiophene rings is 1. The fraction of sp³-hybridized carbons (Fsp3) is 0.400. The molecule has 1 fully saturated rings. The molecule has 6 nitrogen and oxygen atoms in total. The minimum atomic E-state index is -0.219. The minimum Gasteiger partial charge on any atom is -0.354 e. The van der Waals surface area contributed by atoms with Gasteiger partial charge in [0.25, 0.3) is 5.56 Å². The second kappa shape index (κ2) is 10.5. The van der Waals surface area contributed by atoms with Gasteiger partial charge in [-0.05, 0) is 61.4 Å². The van der Waals surface area contributed by atoms with Crippen LogP contribution in [0.25, 0.3) is 5.69 Å². The van der Waals surface area contributed by atoms with E-state index in [1.54, 1.807) is 23.5 Å². The number of hydrogen-bond donors (Lipinski definition) is 1. The third-order valence-corrected chi connectivity index (χ3v) is 7.48. The van der Waals surface area contributed by atoms with Gasteiger partial charge < -0.3 is 10.2 Å². The van der Waals surface area contributed by atoms with Crippen LogP contribution in [0.1, 0.15) is 49.1 Å². The molecule has 2 aromatic heterocycles. The molecule has 1 aromatic carbocycles. The summed E-state index contributed by atoms with van der Waals surface area (Å²) < 4.78 is 1.37. The Kier molecular flexibility index (Phi) is 7.50. The van der Waals surface area contributed by atoms with Crippen molar-refractivity contribution < 1.29 is 4.79 Å². The molecule has 0 bridgehead atoms. The van der Waals surface area contributed by atoms with Crippen molar-refractivity contribution >= 4 is 34.7 Å². The molecule has 0 unspecified atom stereocenters. The Labute approximate surface area is 203 Å². The van der Waals surface area contributed by atoms with Crippen LogP contribution in [0.3, 0.4) is 0 Å². The molecular weight excluding hydrogens is 456 g/mol. The summed E-state index contributed by atoms with van der Waals surface area (Å²) in [6.45, 7) is 5.43. The molecule has 2 atom stereocenters. The average Bonchev–Trinajstić information content (AvgIpc) is 3.36. The lowest BCUT2D eigenvalue weighted by atomic mass is 9.96. The molecule has 1 aliphatic heterocycles. The number of anilines is 1. The van der Waals surface area contributed by atoms with E-state index in [2.05, 4.69) is 28.3 Å².